The van der Waals surface area contributed by atoms with E-state index in [0.717, 1.165) is 26.1 Å². The number of rotatable bonds is 10. The highest BCUT2D eigenvalue weighted by atomic mass is 15.2. The standard InChI is InChI=1S/C31H43N3/c1-6-8-18-33(22-26-20-23(3)25(5)24(4)21-26)29-17-13-16-28-30(29)34(19-9-7-2)31(32-28)27-14-11-10-12-15-27/h10-12,14-15,20-21,29H,6-9,13,16-19,22H2,1-5H3. The maximum Gasteiger partial charge on any atom is 0.140 e. The molecule has 1 aliphatic rings. The summed E-state index contributed by atoms with van der Waals surface area (Å²) in [7, 11) is 0. The molecule has 0 aliphatic heterocycles. The summed E-state index contributed by atoms with van der Waals surface area (Å²) in [6.07, 6.45) is 8.43. The molecule has 34 heavy (non-hydrogen) atoms. The lowest BCUT2D eigenvalue weighted by Crippen LogP contribution is -2.33. The van der Waals surface area contributed by atoms with Crippen molar-refractivity contribution < 1.29 is 0 Å². The Balaban J connectivity index is 1.75. The lowest BCUT2D eigenvalue weighted by atomic mass is 9.93. The van der Waals surface area contributed by atoms with Crippen LogP contribution in [0.25, 0.3) is 11.4 Å². The average Bonchev–Trinajstić information content (AvgIpc) is 3.23. The number of benzene rings is 2. The second-order valence-electron chi connectivity index (χ2n) is 10.2. The summed E-state index contributed by atoms with van der Waals surface area (Å²) >= 11 is 0. The predicted molar refractivity (Wildman–Crippen MR) is 144 cm³/mol. The molecular formula is C31H43N3. The maximum absolute atomic E-state index is 5.27. The molecule has 0 amide bonds. The first-order chi connectivity index (χ1) is 16.5. The average molecular weight is 458 g/mol. The van der Waals surface area contributed by atoms with Crippen molar-refractivity contribution in [2.24, 2.45) is 0 Å². The van der Waals surface area contributed by atoms with Gasteiger partial charge in [-0.25, -0.2) is 4.98 Å². The molecule has 0 radical (unpaired) electrons. The topological polar surface area (TPSA) is 21.1 Å². The van der Waals surface area contributed by atoms with Gasteiger partial charge in [0.15, 0.2) is 0 Å². The van der Waals surface area contributed by atoms with Gasteiger partial charge in [-0.05, 0) is 81.7 Å². The normalized spacial score (nSPS) is 15.6. The molecule has 0 bridgehead atoms. The highest BCUT2D eigenvalue weighted by Crippen LogP contribution is 2.38. The Hall–Kier alpha value is -2.39. The van der Waals surface area contributed by atoms with Crippen LogP contribution < -0.4 is 0 Å². The number of imidazole rings is 1. The number of nitrogens with zero attached hydrogens (tertiary/aromatic N) is 3. The zero-order valence-electron chi connectivity index (χ0n) is 22.0. The van der Waals surface area contributed by atoms with Crippen LogP contribution >= 0.6 is 0 Å². The van der Waals surface area contributed by atoms with Gasteiger partial charge in [0.2, 0.25) is 0 Å². The van der Waals surface area contributed by atoms with Crippen LogP contribution in [-0.4, -0.2) is 21.0 Å². The molecule has 4 rings (SSSR count). The maximum atomic E-state index is 5.27. The van der Waals surface area contributed by atoms with Crippen molar-refractivity contribution in [2.75, 3.05) is 6.54 Å². The lowest BCUT2D eigenvalue weighted by molar-refractivity contribution is 0.159. The van der Waals surface area contributed by atoms with Crippen LogP contribution in [0.15, 0.2) is 42.5 Å². The third-order valence-corrected chi connectivity index (χ3v) is 7.67. The Bertz CT molecular complexity index is 1060. The minimum absolute atomic E-state index is 0.444. The van der Waals surface area contributed by atoms with Gasteiger partial charge in [0.1, 0.15) is 5.82 Å². The molecule has 0 spiro atoms. The summed E-state index contributed by atoms with van der Waals surface area (Å²) in [6, 6.07) is 16.1. The smallest absolute Gasteiger partial charge is 0.140 e. The Kier molecular flexibility index (Phi) is 8.26. The van der Waals surface area contributed by atoms with Crippen LogP contribution in [0.4, 0.5) is 0 Å². The van der Waals surface area contributed by atoms with Gasteiger partial charge in [0, 0.05) is 18.7 Å². The summed E-state index contributed by atoms with van der Waals surface area (Å²) in [6.45, 7) is 14.6. The van der Waals surface area contributed by atoms with Crippen LogP contribution in [0, 0.1) is 20.8 Å². The summed E-state index contributed by atoms with van der Waals surface area (Å²) in [4.78, 5) is 8.04. The van der Waals surface area contributed by atoms with Crippen molar-refractivity contribution in [1.29, 1.82) is 0 Å². The monoisotopic (exact) mass is 457 g/mol. The third-order valence-electron chi connectivity index (χ3n) is 7.67. The van der Waals surface area contributed by atoms with E-state index in [2.05, 4.69) is 86.6 Å². The van der Waals surface area contributed by atoms with Crippen LogP contribution in [0.3, 0.4) is 0 Å². The first-order valence-electron chi connectivity index (χ1n) is 13.5. The van der Waals surface area contributed by atoms with Crippen LogP contribution in [0.2, 0.25) is 0 Å². The molecule has 1 aromatic heterocycles. The van der Waals surface area contributed by atoms with Gasteiger partial charge in [-0.15, -0.1) is 0 Å². The summed E-state index contributed by atoms with van der Waals surface area (Å²) in [5, 5.41) is 0. The molecule has 1 atom stereocenters. The Morgan fingerprint density at radius 1 is 0.971 bits per heavy atom. The number of fused-ring (bicyclic) bond motifs is 1. The van der Waals surface area contributed by atoms with E-state index in [1.54, 1.807) is 0 Å². The molecule has 0 N–H and O–H groups in total. The Morgan fingerprint density at radius 2 is 1.68 bits per heavy atom. The summed E-state index contributed by atoms with van der Waals surface area (Å²) in [5.74, 6) is 1.17. The Labute approximate surface area is 207 Å². The molecule has 0 saturated carbocycles. The minimum atomic E-state index is 0.444. The molecule has 1 unspecified atom stereocenters. The van der Waals surface area contributed by atoms with Crippen LogP contribution in [0.1, 0.15) is 92.1 Å². The fourth-order valence-electron chi connectivity index (χ4n) is 5.53. The molecule has 1 heterocycles. The summed E-state index contributed by atoms with van der Waals surface area (Å²) in [5.41, 5.74) is 9.78. The third kappa shape index (κ3) is 5.30. The van der Waals surface area contributed by atoms with Gasteiger partial charge in [-0.3, -0.25) is 4.90 Å². The second-order valence-corrected chi connectivity index (χ2v) is 10.2. The van der Waals surface area contributed by atoms with Crippen LogP contribution in [-0.2, 0) is 19.5 Å². The van der Waals surface area contributed by atoms with Crippen molar-refractivity contribution in [3.8, 4) is 11.4 Å². The van der Waals surface area contributed by atoms with Gasteiger partial charge in [-0.2, -0.15) is 0 Å². The van der Waals surface area contributed by atoms with E-state index in [9.17, 15) is 0 Å². The van der Waals surface area contributed by atoms with E-state index in [-0.39, 0.29) is 0 Å². The molecule has 0 fully saturated rings. The second kappa shape index (κ2) is 11.4. The first-order valence-corrected chi connectivity index (χ1v) is 13.5. The molecule has 1 aliphatic carbocycles. The number of aryl methyl sites for hydroxylation is 3. The van der Waals surface area contributed by atoms with Gasteiger partial charge in [0.05, 0.1) is 17.4 Å². The van der Waals surface area contributed by atoms with Crippen molar-refractivity contribution in [3.63, 3.8) is 0 Å². The van der Waals surface area contributed by atoms with E-state index in [4.69, 9.17) is 4.98 Å². The lowest BCUT2D eigenvalue weighted by Gasteiger charge is -2.36. The summed E-state index contributed by atoms with van der Waals surface area (Å²) < 4.78 is 2.59. The van der Waals surface area contributed by atoms with Crippen molar-refractivity contribution in [1.82, 2.24) is 14.5 Å². The van der Waals surface area contributed by atoms with Crippen LogP contribution in [0.5, 0.6) is 0 Å². The molecule has 2 aromatic carbocycles. The Morgan fingerprint density at radius 3 is 2.35 bits per heavy atom. The van der Waals surface area contributed by atoms with E-state index in [1.807, 2.05) is 0 Å². The quantitative estimate of drug-likeness (QED) is 0.308. The fourth-order valence-corrected chi connectivity index (χ4v) is 5.53. The van der Waals surface area contributed by atoms with Gasteiger partial charge < -0.3 is 4.57 Å². The van der Waals surface area contributed by atoms with Gasteiger partial charge in [-0.1, -0.05) is 69.2 Å². The van der Waals surface area contributed by atoms with Gasteiger partial charge >= 0.3 is 0 Å². The van der Waals surface area contributed by atoms with Crippen molar-refractivity contribution >= 4 is 0 Å². The molecule has 0 saturated heterocycles. The molecular weight excluding hydrogens is 414 g/mol. The van der Waals surface area contributed by atoms with Crippen molar-refractivity contribution in [2.45, 2.75) is 98.7 Å². The SMILES string of the molecule is CCCCN(Cc1cc(C)c(C)c(C)c1)C1CCCc2nc(-c3ccccc3)n(CCCC)c21. The van der Waals surface area contributed by atoms with E-state index in [0.29, 0.717) is 6.04 Å². The van der Waals surface area contributed by atoms with E-state index in [1.165, 1.54) is 83.6 Å². The number of hydrogen-bond donors (Lipinski definition) is 0. The minimum Gasteiger partial charge on any atom is -0.326 e. The first kappa shape index (κ1) is 24.7. The zero-order chi connectivity index (χ0) is 24.1. The highest BCUT2D eigenvalue weighted by Gasteiger charge is 2.32. The van der Waals surface area contributed by atoms with E-state index < -0.39 is 0 Å². The highest BCUT2D eigenvalue weighted by molar-refractivity contribution is 5.57. The van der Waals surface area contributed by atoms with E-state index >= 15 is 0 Å². The predicted octanol–water partition coefficient (Wildman–Crippen LogP) is 7.96. The molecule has 3 nitrogen and oxygen atoms in total. The molecule has 182 valence electrons. The zero-order valence-corrected chi connectivity index (χ0v) is 22.0. The van der Waals surface area contributed by atoms with Crippen molar-refractivity contribution in [3.05, 3.63) is 76.1 Å². The molecule has 3 aromatic rings. The largest absolute Gasteiger partial charge is 0.326 e. The number of unbranched alkanes of at least 4 members (excludes halogenated alkanes) is 2. The number of hydrogen-bond acceptors (Lipinski definition) is 2. The molecule has 3 heteroatoms. The fraction of sp³-hybridized carbons (Fsp3) is 0.516. The number of aromatic nitrogens is 2. The van der Waals surface area contributed by atoms with Gasteiger partial charge in [0.25, 0.3) is 0 Å².